The van der Waals surface area contributed by atoms with Crippen molar-refractivity contribution in [3.8, 4) is 0 Å². The van der Waals surface area contributed by atoms with Crippen molar-refractivity contribution in [2.45, 2.75) is 20.3 Å². The third-order valence-corrected chi connectivity index (χ3v) is 3.31. The number of aliphatic carboxylic acids is 1. The molecule has 0 aromatic rings. The molecule has 0 aromatic heterocycles. The van der Waals surface area contributed by atoms with Crippen LogP contribution in [-0.4, -0.2) is 24.2 Å². The zero-order chi connectivity index (χ0) is 10.9. The van der Waals surface area contributed by atoms with Crippen LogP contribution in [0.1, 0.15) is 20.3 Å². The fourth-order valence-corrected chi connectivity index (χ4v) is 2.25. The van der Waals surface area contributed by atoms with Gasteiger partial charge in [0.05, 0.1) is 18.9 Å². The van der Waals surface area contributed by atoms with Crippen molar-refractivity contribution in [1.82, 2.24) is 0 Å². The third kappa shape index (κ3) is 1.74. The Morgan fingerprint density at radius 3 is 2.36 bits per heavy atom. The normalized spacial score (nSPS) is 36.8. The number of hydrogen-bond acceptors (Lipinski definition) is 3. The van der Waals surface area contributed by atoms with Crippen LogP contribution in [0.2, 0.25) is 0 Å². The van der Waals surface area contributed by atoms with Crippen LogP contribution in [0.4, 0.5) is 0 Å². The van der Waals surface area contributed by atoms with E-state index in [1.165, 1.54) is 7.11 Å². The minimum Gasteiger partial charge on any atom is -0.481 e. The Labute approximate surface area is 83.2 Å². The highest BCUT2D eigenvalue weighted by Crippen LogP contribution is 2.41. The third-order valence-electron chi connectivity index (χ3n) is 3.31. The van der Waals surface area contributed by atoms with Crippen molar-refractivity contribution < 1.29 is 19.4 Å². The van der Waals surface area contributed by atoms with Crippen molar-refractivity contribution in [3.63, 3.8) is 0 Å². The van der Waals surface area contributed by atoms with Crippen molar-refractivity contribution in [3.05, 3.63) is 0 Å². The highest BCUT2D eigenvalue weighted by molar-refractivity contribution is 5.82. The lowest BCUT2D eigenvalue weighted by molar-refractivity contribution is -0.155. The molecule has 0 bridgehead atoms. The molecule has 1 N–H and O–H groups in total. The molecule has 4 nitrogen and oxygen atoms in total. The fourth-order valence-electron chi connectivity index (χ4n) is 2.25. The average molecular weight is 200 g/mol. The maximum Gasteiger partial charge on any atom is 0.309 e. The first-order chi connectivity index (χ1) is 6.49. The SMILES string of the molecule is COC(=O)C1C(C(=O)O)CC(C)C1C. The first-order valence-electron chi connectivity index (χ1n) is 4.79. The van der Waals surface area contributed by atoms with Crippen LogP contribution in [0.25, 0.3) is 0 Å². The molecule has 0 saturated heterocycles. The number of ether oxygens (including phenoxy) is 1. The Morgan fingerprint density at radius 2 is 1.93 bits per heavy atom. The number of hydrogen-bond donors (Lipinski definition) is 1. The Bertz CT molecular complexity index is 249. The van der Waals surface area contributed by atoms with Gasteiger partial charge in [0.2, 0.25) is 0 Å². The van der Waals surface area contributed by atoms with Crippen molar-refractivity contribution in [2.24, 2.45) is 23.7 Å². The maximum absolute atomic E-state index is 11.4. The number of carbonyl (C=O) groups excluding carboxylic acids is 1. The summed E-state index contributed by atoms with van der Waals surface area (Å²) in [4.78, 5) is 22.3. The van der Waals surface area contributed by atoms with E-state index in [9.17, 15) is 9.59 Å². The average Bonchev–Trinajstić information content (AvgIpc) is 2.43. The number of carboxylic acid groups (broad SMARTS) is 1. The predicted molar refractivity (Wildman–Crippen MR) is 49.6 cm³/mol. The summed E-state index contributed by atoms with van der Waals surface area (Å²) in [6, 6.07) is 0. The Morgan fingerprint density at radius 1 is 1.36 bits per heavy atom. The van der Waals surface area contributed by atoms with Crippen LogP contribution in [0.3, 0.4) is 0 Å². The van der Waals surface area contributed by atoms with Gasteiger partial charge in [0.1, 0.15) is 0 Å². The van der Waals surface area contributed by atoms with Gasteiger partial charge < -0.3 is 9.84 Å². The molecule has 1 fully saturated rings. The molecule has 0 heterocycles. The molecule has 0 radical (unpaired) electrons. The second-order valence-corrected chi connectivity index (χ2v) is 4.07. The van der Waals surface area contributed by atoms with Crippen molar-refractivity contribution >= 4 is 11.9 Å². The van der Waals surface area contributed by atoms with Crippen molar-refractivity contribution in [2.75, 3.05) is 7.11 Å². The molecule has 0 spiro atoms. The van der Waals surface area contributed by atoms with E-state index < -0.39 is 23.8 Å². The van der Waals surface area contributed by atoms with E-state index in [2.05, 4.69) is 4.74 Å². The number of rotatable bonds is 2. The van der Waals surface area contributed by atoms with Gasteiger partial charge in [-0.3, -0.25) is 9.59 Å². The lowest BCUT2D eigenvalue weighted by Gasteiger charge is -2.17. The van der Waals surface area contributed by atoms with E-state index in [1.54, 1.807) is 0 Å². The molecule has 0 amide bonds. The Kier molecular flexibility index (Phi) is 3.13. The highest BCUT2D eigenvalue weighted by atomic mass is 16.5. The molecule has 4 atom stereocenters. The largest absolute Gasteiger partial charge is 0.481 e. The fraction of sp³-hybridized carbons (Fsp3) is 0.800. The van der Waals surface area contributed by atoms with Crippen LogP contribution >= 0.6 is 0 Å². The molecular formula is C10H16O4. The van der Waals surface area contributed by atoms with E-state index in [4.69, 9.17) is 5.11 Å². The minimum atomic E-state index is -0.892. The van der Waals surface area contributed by atoms with Gasteiger partial charge in [0, 0.05) is 0 Å². The van der Waals surface area contributed by atoms with Gasteiger partial charge in [-0.2, -0.15) is 0 Å². The van der Waals surface area contributed by atoms with Gasteiger partial charge in [-0.15, -0.1) is 0 Å². The quantitative estimate of drug-likeness (QED) is 0.679. The van der Waals surface area contributed by atoms with E-state index in [0.717, 1.165) is 0 Å². The summed E-state index contributed by atoms with van der Waals surface area (Å²) < 4.78 is 4.63. The molecule has 1 rings (SSSR count). The van der Waals surface area contributed by atoms with Gasteiger partial charge in [0.15, 0.2) is 0 Å². The van der Waals surface area contributed by atoms with Crippen molar-refractivity contribution in [1.29, 1.82) is 0 Å². The monoisotopic (exact) mass is 200 g/mol. The summed E-state index contributed by atoms with van der Waals surface area (Å²) in [5, 5.41) is 8.96. The van der Waals surface area contributed by atoms with Gasteiger partial charge >= 0.3 is 11.9 Å². The molecule has 1 aliphatic carbocycles. The van der Waals surface area contributed by atoms with Crippen LogP contribution in [0.5, 0.6) is 0 Å². The van der Waals surface area contributed by atoms with E-state index in [-0.39, 0.29) is 11.8 Å². The lowest BCUT2D eigenvalue weighted by Crippen LogP contribution is -2.29. The Balaban J connectivity index is 2.86. The topological polar surface area (TPSA) is 63.6 Å². The molecule has 4 unspecified atom stereocenters. The molecule has 80 valence electrons. The number of methoxy groups -OCH3 is 1. The van der Waals surface area contributed by atoms with E-state index >= 15 is 0 Å². The zero-order valence-electron chi connectivity index (χ0n) is 8.69. The van der Waals surface area contributed by atoms with E-state index in [0.29, 0.717) is 6.42 Å². The first-order valence-corrected chi connectivity index (χ1v) is 4.79. The second-order valence-electron chi connectivity index (χ2n) is 4.07. The first kappa shape index (κ1) is 11.0. The number of carbonyl (C=O) groups is 2. The van der Waals surface area contributed by atoms with E-state index in [1.807, 2.05) is 13.8 Å². The molecule has 0 aromatic carbocycles. The van der Waals surface area contributed by atoms with Gasteiger partial charge in [-0.25, -0.2) is 0 Å². The molecule has 4 heteroatoms. The molecule has 1 saturated carbocycles. The van der Waals surface area contributed by atoms with Crippen LogP contribution in [0, 0.1) is 23.7 Å². The van der Waals surface area contributed by atoms with Crippen LogP contribution in [0.15, 0.2) is 0 Å². The second kappa shape index (κ2) is 3.98. The lowest BCUT2D eigenvalue weighted by atomic mass is 9.89. The molecular weight excluding hydrogens is 184 g/mol. The highest BCUT2D eigenvalue weighted by Gasteiger charge is 2.46. The summed E-state index contributed by atoms with van der Waals surface area (Å²) in [5.41, 5.74) is 0. The van der Waals surface area contributed by atoms with Gasteiger partial charge in [-0.05, 0) is 18.3 Å². The van der Waals surface area contributed by atoms with Gasteiger partial charge in [0.25, 0.3) is 0 Å². The summed E-state index contributed by atoms with van der Waals surface area (Å²) in [6.07, 6.45) is 0.566. The summed E-state index contributed by atoms with van der Waals surface area (Å²) in [7, 11) is 1.30. The smallest absolute Gasteiger partial charge is 0.309 e. The van der Waals surface area contributed by atoms with Gasteiger partial charge in [-0.1, -0.05) is 13.8 Å². The minimum absolute atomic E-state index is 0.0866. The molecule has 14 heavy (non-hydrogen) atoms. The zero-order valence-corrected chi connectivity index (χ0v) is 8.69. The standard InChI is InChI=1S/C10H16O4/c1-5-4-7(9(11)12)8(6(5)2)10(13)14-3/h5-8H,4H2,1-3H3,(H,11,12). The van der Waals surface area contributed by atoms with Crippen LogP contribution in [-0.2, 0) is 14.3 Å². The number of esters is 1. The van der Waals surface area contributed by atoms with Crippen LogP contribution < -0.4 is 0 Å². The maximum atomic E-state index is 11.4. The predicted octanol–water partition coefficient (Wildman–Crippen LogP) is 1.15. The summed E-state index contributed by atoms with van der Waals surface area (Å²) in [6.45, 7) is 3.89. The molecule has 0 aliphatic heterocycles. The Hall–Kier alpha value is -1.06. The summed E-state index contributed by atoms with van der Waals surface area (Å²) >= 11 is 0. The summed E-state index contributed by atoms with van der Waals surface area (Å²) in [5.74, 6) is -1.99. The number of carboxylic acids is 1. The molecule has 1 aliphatic rings.